The molecule has 5 heteroatoms. The minimum atomic E-state index is -1.25. The molecule has 1 N–H and O–H groups in total. The largest absolute Gasteiger partial charge is 0.478 e. The minimum Gasteiger partial charge on any atom is -0.478 e. The highest BCUT2D eigenvalue weighted by Gasteiger charge is 2.28. The van der Waals surface area contributed by atoms with Crippen molar-refractivity contribution in [2.45, 2.75) is 25.3 Å². The third kappa shape index (κ3) is 1.89. The van der Waals surface area contributed by atoms with Crippen molar-refractivity contribution < 1.29 is 18.7 Å². The lowest BCUT2D eigenvalue weighted by Crippen LogP contribution is -2.33. The summed E-state index contributed by atoms with van der Waals surface area (Å²) in [5, 5.41) is 9.37. The number of halogens is 1. The quantitative estimate of drug-likeness (QED) is 0.917. The molecular formula is C15H16FNO3. The van der Waals surface area contributed by atoms with Gasteiger partial charge in [-0.1, -0.05) is 0 Å². The van der Waals surface area contributed by atoms with Crippen LogP contribution in [0.15, 0.2) is 16.5 Å². The molecule has 0 amide bonds. The monoisotopic (exact) mass is 277 g/mol. The molecule has 0 fully saturated rings. The number of benzene rings is 1. The van der Waals surface area contributed by atoms with Gasteiger partial charge in [-0.25, -0.2) is 9.18 Å². The molecule has 106 valence electrons. The van der Waals surface area contributed by atoms with E-state index in [-0.39, 0.29) is 5.56 Å². The van der Waals surface area contributed by atoms with Crippen molar-refractivity contribution in [3.05, 3.63) is 34.8 Å². The van der Waals surface area contributed by atoms with E-state index in [1.54, 1.807) is 6.07 Å². The zero-order valence-electron chi connectivity index (χ0n) is 11.4. The molecule has 4 nitrogen and oxygen atoms in total. The maximum Gasteiger partial charge on any atom is 0.338 e. The van der Waals surface area contributed by atoms with Crippen molar-refractivity contribution in [1.82, 2.24) is 4.90 Å². The number of fused-ring (bicyclic) bond motifs is 3. The molecule has 1 aromatic heterocycles. The number of carboxylic acids is 1. The highest BCUT2D eigenvalue weighted by Crippen LogP contribution is 2.35. The molecule has 1 atom stereocenters. The molecule has 0 spiro atoms. The molecule has 1 heterocycles. The fourth-order valence-electron chi connectivity index (χ4n) is 2.92. The summed E-state index contributed by atoms with van der Waals surface area (Å²) in [6.07, 6.45) is 2.41. The van der Waals surface area contributed by atoms with Crippen LogP contribution in [-0.2, 0) is 12.8 Å². The van der Waals surface area contributed by atoms with Crippen LogP contribution in [0.2, 0.25) is 0 Å². The molecule has 20 heavy (non-hydrogen) atoms. The molecular weight excluding hydrogens is 261 g/mol. The van der Waals surface area contributed by atoms with E-state index in [2.05, 4.69) is 4.90 Å². The van der Waals surface area contributed by atoms with E-state index >= 15 is 0 Å². The zero-order valence-corrected chi connectivity index (χ0v) is 11.4. The van der Waals surface area contributed by atoms with E-state index < -0.39 is 11.8 Å². The lowest BCUT2D eigenvalue weighted by Gasteiger charge is -2.27. The average molecular weight is 277 g/mol. The van der Waals surface area contributed by atoms with Gasteiger partial charge in [0, 0.05) is 18.0 Å². The zero-order chi connectivity index (χ0) is 14.4. The highest BCUT2D eigenvalue weighted by molar-refractivity contribution is 5.95. The van der Waals surface area contributed by atoms with E-state index in [9.17, 15) is 9.18 Å². The molecule has 0 saturated carbocycles. The summed E-state index contributed by atoms with van der Waals surface area (Å²) in [5.41, 5.74) is 0.968. The van der Waals surface area contributed by atoms with Crippen LogP contribution in [-0.4, -0.2) is 36.1 Å². The summed E-state index contributed by atoms with van der Waals surface area (Å²) in [6, 6.07) is 3.14. The molecule has 1 aliphatic carbocycles. The maximum atomic E-state index is 14.4. The lowest BCUT2D eigenvalue weighted by atomic mass is 9.90. The second kappa shape index (κ2) is 4.59. The van der Waals surface area contributed by atoms with Crippen molar-refractivity contribution in [2.75, 3.05) is 14.1 Å². The average Bonchev–Trinajstić information content (AvgIpc) is 2.76. The van der Waals surface area contributed by atoms with Gasteiger partial charge in [0.05, 0.1) is 10.9 Å². The Labute approximate surface area is 115 Å². The Morgan fingerprint density at radius 2 is 2.20 bits per heavy atom. The van der Waals surface area contributed by atoms with E-state index in [0.29, 0.717) is 23.4 Å². The van der Waals surface area contributed by atoms with Crippen molar-refractivity contribution in [3.63, 3.8) is 0 Å². The summed E-state index contributed by atoms with van der Waals surface area (Å²) in [5.74, 6) is -1.14. The van der Waals surface area contributed by atoms with Crippen LogP contribution in [0.25, 0.3) is 11.0 Å². The highest BCUT2D eigenvalue weighted by atomic mass is 19.1. The number of aromatic carboxylic acids is 1. The van der Waals surface area contributed by atoms with Crippen LogP contribution in [0.1, 0.15) is 28.1 Å². The predicted octanol–water partition coefficient (Wildman–Crippen LogP) is 2.69. The smallest absolute Gasteiger partial charge is 0.338 e. The summed E-state index contributed by atoms with van der Waals surface area (Å²) in [7, 11) is 3.99. The number of carbonyl (C=O) groups is 1. The molecule has 3 rings (SSSR count). The number of rotatable bonds is 2. The van der Waals surface area contributed by atoms with Crippen molar-refractivity contribution in [3.8, 4) is 0 Å². The number of nitrogens with zero attached hydrogens (tertiary/aromatic N) is 1. The Bertz CT molecular complexity index is 690. The molecule has 2 aromatic rings. The van der Waals surface area contributed by atoms with Gasteiger partial charge >= 0.3 is 5.97 Å². The fourth-order valence-corrected chi connectivity index (χ4v) is 2.92. The van der Waals surface area contributed by atoms with Crippen LogP contribution in [0.5, 0.6) is 0 Å². The Balaban J connectivity index is 2.19. The standard InChI is InChI=1S/C15H16FNO3/c1-17(2)8-3-5-11-10(7-8)13-12(20-11)6-4-9(14(13)16)15(18)19/h4,6,8H,3,5,7H2,1-2H3,(H,18,19). The normalized spacial score (nSPS) is 18.5. The first-order valence-corrected chi connectivity index (χ1v) is 6.61. The van der Waals surface area contributed by atoms with E-state index in [4.69, 9.17) is 9.52 Å². The molecule has 0 radical (unpaired) electrons. The predicted molar refractivity (Wildman–Crippen MR) is 72.6 cm³/mol. The SMILES string of the molecule is CN(C)C1CCc2oc3ccc(C(=O)O)c(F)c3c2C1. The number of hydrogen-bond donors (Lipinski definition) is 1. The van der Waals surface area contributed by atoms with Crippen LogP contribution in [0, 0.1) is 5.82 Å². The van der Waals surface area contributed by atoms with Crippen LogP contribution in [0.3, 0.4) is 0 Å². The molecule has 0 saturated heterocycles. The molecule has 0 aliphatic heterocycles. The number of furan rings is 1. The number of likely N-dealkylation sites (N-methyl/N-ethyl adjacent to an activating group) is 1. The van der Waals surface area contributed by atoms with Crippen molar-refractivity contribution in [2.24, 2.45) is 0 Å². The van der Waals surface area contributed by atoms with Crippen LogP contribution >= 0.6 is 0 Å². The third-order valence-corrected chi connectivity index (χ3v) is 4.08. The van der Waals surface area contributed by atoms with Gasteiger partial charge in [-0.15, -0.1) is 0 Å². The number of aryl methyl sites for hydroxylation is 1. The summed E-state index contributed by atoms with van der Waals surface area (Å²) < 4.78 is 20.1. The molecule has 1 aliphatic rings. The maximum absolute atomic E-state index is 14.4. The Kier molecular flexibility index (Phi) is 3.01. The van der Waals surface area contributed by atoms with Crippen molar-refractivity contribution >= 4 is 16.9 Å². The van der Waals surface area contributed by atoms with Gasteiger partial charge in [-0.3, -0.25) is 0 Å². The Morgan fingerprint density at radius 1 is 1.45 bits per heavy atom. The lowest BCUT2D eigenvalue weighted by molar-refractivity contribution is 0.0692. The minimum absolute atomic E-state index is 0.298. The van der Waals surface area contributed by atoms with Gasteiger partial charge in [0.15, 0.2) is 0 Å². The van der Waals surface area contributed by atoms with E-state index in [1.807, 2.05) is 14.1 Å². The molecule has 1 aromatic carbocycles. The summed E-state index contributed by atoms with van der Waals surface area (Å²) in [4.78, 5) is 13.2. The Hall–Kier alpha value is -1.88. The molecule has 1 unspecified atom stereocenters. The summed E-state index contributed by atoms with van der Waals surface area (Å²) >= 11 is 0. The van der Waals surface area contributed by atoms with Crippen LogP contribution in [0.4, 0.5) is 4.39 Å². The first kappa shape index (κ1) is 13.1. The van der Waals surface area contributed by atoms with Crippen LogP contribution < -0.4 is 0 Å². The summed E-state index contributed by atoms with van der Waals surface area (Å²) in [6.45, 7) is 0. The first-order valence-electron chi connectivity index (χ1n) is 6.61. The number of hydrogen-bond acceptors (Lipinski definition) is 3. The topological polar surface area (TPSA) is 53.7 Å². The van der Waals surface area contributed by atoms with Crippen molar-refractivity contribution in [1.29, 1.82) is 0 Å². The Morgan fingerprint density at radius 3 is 2.85 bits per heavy atom. The van der Waals surface area contributed by atoms with Gasteiger partial charge < -0.3 is 14.4 Å². The van der Waals surface area contributed by atoms with Gasteiger partial charge in [-0.05, 0) is 39.1 Å². The van der Waals surface area contributed by atoms with E-state index in [1.165, 1.54) is 6.07 Å². The van der Waals surface area contributed by atoms with Gasteiger partial charge in [0.1, 0.15) is 17.2 Å². The van der Waals surface area contributed by atoms with Gasteiger partial charge in [-0.2, -0.15) is 0 Å². The molecule has 0 bridgehead atoms. The van der Waals surface area contributed by atoms with Gasteiger partial charge in [0.25, 0.3) is 0 Å². The second-order valence-corrected chi connectivity index (χ2v) is 5.47. The first-order chi connectivity index (χ1) is 9.49. The third-order valence-electron chi connectivity index (χ3n) is 4.08. The fraction of sp³-hybridized carbons (Fsp3) is 0.400. The van der Waals surface area contributed by atoms with E-state index in [0.717, 1.165) is 24.2 Å². The second-order valence-electron chi connectivity index (χ2n) is 5.47. The number of carboxylic acid groups (broad SMARTS) is 1. The van der Waals surface area contributed by atoms with Gasteiger partial charge in [0.2, 0.25) is 0 Å².